The number of fused-ring (bicyclic) bond motifs is 1. The van der Waals surface area contributed by atoms with Crippen LogP contribution in [0.3, 0.4) is 0 Å². The fourth-order valence-corrected chi connectivity index (χ4v) is 6.35. The molecule has 1 aliphatic carbocycles. The monoisotopic (exact) mass is 634 g/mol. The summed E-state index contributed by atoms with van der Waals surface area (Å²) >= 11 is 0. The Balaban J connectivity index is 1.34. The fourth-order valence-electron chi connectivity index (χ4n) is 5.84. The number of hydrogen-bond donors (Lipinski definition) is 4. The van der Waals surface area contributed by atoms with E-state index in [1.54, 1.807) is 18.6 Å². The molecule has 0 radical (unpaired) electrons. The molecular formula is C36H39FN8S. The van der Waals surface area contributed by atoms with Crippen LogP contribution in [0.25, 0.3) is 51.4 Å². The van der Waals surface area contributed by atoms with Gasteiger partial charge in [-0.3, -0.25) is 19.8 Å². The van der Waals surface area contributed by atoms with Gasteiger partial charge in [-0.05, 0) is 79.0 Å². The summed E-state index contributed by atoms with van der Waals surface area (Å²) in [4.78, 5) is 17.2. The fraction of sp³-hybridized carbons (Fsp3) is 0.222. The number of imidazole rings is 1. The molecule has 1 aromatic carbocycles. The Hall–Kier alpha value is -4.80. The molecule has 0 atom stereocenters. The van der Waals surface area contributed by atoms with Gasteiger partial charge in [0.25, 0.3) is 0 Å². The van der Waals surface area contributed by atoms with E-state index in [4.69, 9.17) is 4.98 Å². The molecular weight excluding hydrogens is 596 g/mol. The average molecular weight is 635 g/mol. The number of hydrogen-bond acceptors (Lipinski definition) is 6. The number of benzene rings is 1. The molecule has 0 amide bonds. The van der Waals surface area contributed by atoms with E-state index in [1.165, 1.54) is 37.8 Å². The van der Waals surface area contributed by atoms with Crippen molar-refractivity contribution >= 4 is 55.6 Å². The van der Waals surface area contributed by atoms with Gasteiger partial charge in [-0.25, -0.2) is 9.37 Å². The highest BCUT2D eigenvalue weighted by Crippen LogP contribution is 2.32. The lowest BCUT2D eigenvalue weighted by Crippen LogP contribution is -2.23. The van der Waals surface area contributed by atoms with Crippen LogP contribution in [0.15, 0.2) is 67.9 Å². The second-order valence-electron chi connectivity index (χ2n) is 12.1. The van der Waals surface area contributed by atoms with Crippen LogP contribution in [0.4, 0.5) is 10.1 Å². The number of nitrogens with zero attached hydrogens (tertiary/aromatic N) is 4. The highest BCUT2D eigenvalue weighted by atomic mass is 32.2. The van der Waals surface area contributed by atoms with E-state index in [1.807, 2.05) is 43.7 Å². The van der Waals surface area contributed by atoms with Gasteiger partial charge in [0.1, 0.15) is 11.5 Å². The maximum Gasteiger partial charge on any atom is 0.159 e. The summed E-state index contributed by atoms with van der Waals surface area (Å²) in [6, 6.07) is 6.99. The van der Waals surface area contributed by atoms with E-state index in [0.29, 0.717) is 46.1 Å². The van der Waals surface area contributed by atoms with Crippen LogP contribution in [0.5, 0.6) is 0 Å². The van der Waals surface area contributed by atoms with Crippen LogP contribution in [0.2, 0.25) is 0 Å². The summed E-state index contributed by atoms with van der Waals surface area (Å²) in [6.07, 6.45) is 17.8. The lowest BCUT2D eigenvalue weighted by molar-refractivity contribution is 0.625. The molecule has 0 saturated heterocycles. The van der Waals surface area contributed by atoms with Gasteiger partial charge < -0.3 is 10.3 Å². The van der Waals surface area contributed by atoms with Crippen LogP contribution >= 0.6 is 9.39 Å². The van der Waals surface area contributed by atoms with E-state index >= 15 is 0 Å². The Morgan fingerprint density at radius 2 is 1.85 bits per heavy atom. The number of H-pyrrole nitrogens is 2. The highest BCUT2D eigenvalue weighted by Gasteiger charge is 2.19. The van der Waals surface area contributed by atoms with Crippen molar-refractivity contribution in [3.05, 3.63) is 95.4 Å². The second kappa shape index (κ2) is 12.9. The van der Waals surface area contributed by atoms with Crippen molar-refractivity contribution in [3.8, 4) is 22.6 Å². The maximum atomic E-state index is 14.8. The molecule has 0 unspecified atom stereocenters. The molecule has 236 valence electrons. The minimum absolute atomic E-state index is 0.339. The molecule has 4 N–H and O–H groups in total. The van der Waals surface area contributed by atoms with Crippen molar-refractivity contribution in [2.75, 3.05) is 11.6 Å². The van der Waals surface area contributed by atoms with Gasteiger partial charge in [0.15, 0.2) is 5.82 Å². The first-order valence-electron chi connectivity index (χ1n) is 15.2. The smallest absolute Gasteiger partial charge is 0.159 e. The van der Waals surface area contributed by atoms with Gasteiger partial charge >= 0.3 is 0 Å². The normalized spacial score (nSPS) is 14.8. The summed E-state index contributed by atoms with van der Waals surface area (Å²) in [5.74, 6) is 8.82. The van der Waals surface area contributed by atoms with Crippen LogP contribution in [-0.4, -0.2) is 48.1 Å². The third-order valence-electron chi connectivity index (χ3n) is 8.21. The number of nitrogens with one attached hydrogen (secondary N) is 4. The molecule has 0 spiro atoms. The van der Waals surface area contributed by atoms with Crippen molar-refractivity contribution in [2.24, 2.45) is 5.92 Å². The summed E-state index contributed by atoms with van der Waals surface area (Å²) in [7, 11) is -1.45. The van der Waals surface area contributed by atoms with E-state index in [2.05, 4.69) is 60.1 Å². The van der Waals surface area contributed by atoms with Gasteiger partial charge in [-0.1, -0.05) is 43.8 Å². The van der Waals surface area contributed by atoms with E-state index < -0.39 is 9.39 Å². The third kappa shape index (κ3) is 6.88. The molecule has 1 aliphatic rings. The molecule has 10 heteroatoms. The summed E-state index contributed by atoms with van der Waals surface area (Å²) < 4.78 is 18.1. The first-order chi connectivity index (χ1) is 22.1. The Kier molecular flexibility index (Phi) is 8.75. The van der Waals surface area contributed by atoms with Crippen molar-refractivity contribution < 1.29 is 4.39 Å². The van der Waals surface area contributed by atoms with Crippen molar-refractivity contribution in [2.45, 2.75) is 39.2 Å². The predicted molar refractivity (Wildman–Crippen MR) is 193 cm³/mol. The largest absolute Gasteiger partial charge is 0.358 e. The molecule has 0 bridgehead atoms. The zero-order valence-electron chi connectivity index (χ0n) is 26.3. The topological polar surface area (TPSA) is 107 Å². The average Bonchev–Trinajstić information content (AvgIpc) is 3.79. The van der Waals surface area contributed by atoms with E-state index in [0.717, 1.165) is 38.7 Å². The number of aromatic nitrogens is 6. The zero-order valence-corrected chi connectivity index (χ0v) is 27.1. The van der Waals surface area contributed by atoms with Crippen LogP contribution in [0, 0.1) is 11.7 Å². The number of allylic oxidation sites excluding steroid dienone is 2. The Morgan fingerprint density at radius 3 is 2.61 bits per heavy atom. The SMILES string of the molecule is C=C(/C=c1/c(-c2nc3c(-c4cc(F)cc(CNS(=C)(=C)C)c4)cncc3[nH]2)n[nH]/c1=C/C)c1cncc(NC(=C)C2CCCC2)c1. The zero-order chi connectivity index (χ0) is 32.4. The Morgan fingerprint density at radius 1 is 1.07 bits per heavy atom. The van der Waals surface area contributed by atoms with Gasteiger partial charge in [0.05, 0.1) is 34.5 Å². The highest BCUT2D eigenvalue weighted by molar-refractivity contribution is 8.25. The lowest BCUT2D eigenvalue weighted by Gasteiger charge is -2.16. The number of halogens is 1. The first kappa shape index (κ1) is 31.2. The molecule has 4 aromatic heterocycles. The first-order valence-corrected chi connectivity index (χ1v) is 17.6. The van der Waals surface area contributed by atoms with Gasteiger partial charge in [0.2, 0.25) is 0 Å². The van der Waals surface area contributed by atoms with Crippen LogP contribution < -0.4 is 20.6 Å². The van der Waals surface area contributed by atoms with Crippen molar-refractivity contribution in [3.63, 3.8) is 0 Å². The Labute approximate surface area is 268 Å². The van der Waals surface area contributed by atoms with Gasteiger partial charge in [-0.2, -0.15) is 14.5 Å². The molecule has 46 heavy (non-hydrogen) atoms. The Bertz CT molecular complexity index is 2190. The van der Waals surface area contributed by atoms with Crippen LogP contribution in [-0.2, 0) is 6.54 Å². The van der Waals surface area contributed by atoms with E-state index in [-0.39, 0.29) is 5.82 Å². The summed E-state index contributed by atoms with van der Waals surface area (Å²) in [5.41, 5.74) is 7.77. The number of aromatic amines is 2. The standard InChI is InChI=1S/C36H39FN8S/c1-7-32-30(12-22(2)27-16-29(19-38-18-27)41-23(3)25-10-8-9-11-25)35(45-44-32)36-42-33-21-39-20-31(34(33)43-36)26-13-24(14-28(37)15-26)17-40-46(4,5)6/h7,12-16,18-21,25,40-41,44H,2-5,8-11,17H2,1,6H3,(H,42,43)/b30-12+,32-7+. The lowest BCUT2D eigenvalue weighted by atomic mass is 10.0. The van der Waals surface area contributed by atoms with Crippen molar-refractivity contribution in [1.82, 2.24) is 34.9 Å². The van der Waals surface area contributed by atoms with Crippen molar-refractivity contribution in [1.29, 1.82) is 0 Å². The molecule has 1 fully saturated rings. The molecule has 1 saturated carbocycles. The molecule has 0 aliphatic heterocycles. The number of anilines is 1. The molecule has 8 nitrogen and oxygen atoms in total. The van der Waals surface area contributed by atoms with Crippen LogP contribution in [0.1, 0.15) is 43.7 Å². The maximum absolute atomic E-state index is 14.8. The minimum atomic E-state index is -1.45. The quantitative estimate of drug-likeness (QED) is 0.135. The number of rotatable bonds is 10. The molecule has 5 aromatic rings. The number of pyridine rings is 2. The predicted octanol–water partition coefficient (Wildman–Crippen LogP) is 6.26. The second-order valence-corrected chi connectivity index (χ2v) is 14.9. The molecule has 6 rings (SSSR count). The van der Waals surface area contributed by atoms with E-state index in [9.17, 15) is 4.39 Å². The van der Waals surface area contributed by atoms with Gasteiger partial charge in [-0.15, -0.1) is 0 Å². The molecule has 4 heterocycles. The summed E-state index contributed by atoms with van der Waals surface area (Å²) in [5, 5.41) is 12.9. The summed E-state index contributed by atoms with van der Waals surface area (Å²) in [6.45, 7) is 11.0. The minimum Gasteiger partial charge on any atom is -0.358 e. The van der Waals surface area contributed by atoms with Gasteiger partial charge in [0, 0.05) is 41.0 Å². The third-order valence-corrected chi connectivity index (χ3v) is 9.06.